The van der Waals surface area contributed by atoms with Gasteiger partial charge < -0.3 is 5.32 Å². The summed E-state index contributed by atoms with van der Waals surface area (Å²) in [5, 5.41) is 2.58. The number of carbonyl (C=O) groups is 1. The predicted molar refractivity (Wildman–Crippen MR) is 53.7 cm³/mol. The Labute approximate surface area is 87.1 Å². The van der Waals surface area contributed by atoms with Gasteiger partial charge in [0.05, 0.1) is 6.04 Å². The van der Waals surface area contributed by atoms with E-state index in [2.05, 4.69) is 5.32 Å². The van der Waals surface area contributed by atoms with Crippen molar-refractivity contribution in [3.05, 3.63) is 35.6 Å². The van der Waals surface area contributed by atoms with E-state index in [1.54, 1.807) is 25.1 Å². The summed E-state index contributed by atoms with van der Waals surface area (Å²) >= 11 is 5.32. The smallest absolute Gasteiger partial charge is 0.235 e. The molecule has 0 saturated carbocycles. The molecule has 0 heterocycles. The number of nitrogens with one attached hydrogen (secondary N) is 1. The quantitative estimate of drug-likeness (QED) is 0.770. The van der Waals surface area contributed by atoms with Gasteiger partial charge in [-0.3, -0.25) is 4.79 Å². The molecule has 14 heavy (non-hydrogen) atoms. The molecule has 0 aromatic heterocycles. The summed E-state index contributed by atoms with van der Waals surface area (Å²) < 4.78 is 13.2. The molecule has 0 aliphatic rings. The molecule has 76 valence electrons. The molecule has 4 heteroatoms. The Bertz CT molecular complexity index is 330. The van der Waals surface area contributed by atoms with Gasteiger partial charge >= 0.3 is 0 Å². The number of rotatable bonds is 3. The second-order valence-electron chi connectivity index (χ2n) is 2.94. The highest BCUT2D eigenvalue weighted by Gasteiger charge is 2.11. The lowest BCUT2D eigenvalue weighted by atomic mass is 10.1. The average molecular weight is 216 g/mol. The summed E-state index contributed by atoms with van der Waals surface area (Å²) in [5.74, 6) is -0.740. The van der Waals surface area contributed by atoms with Crippen LogP contribution in [0.1, 0.15) is 18.5 Å². The predicted octanol–water partition coefficient (Wildman–Crippen LogP) is 2.24. The van der Waals surface area contributed by atoms with Gasteiger partial charge in [0, 0.05) is 5.56 Å². The molecule has 1 N–H and O–H groups in total. The Balaban J connectivity index is 2.74. The van der Waals surface area contributed by atoms with E-state index >= 15 is 0 Å². The summed E-state index contributed by atoms with van der Waals surface area (Å²) in [6.45, 7) is 1.71. The lowest BCUT2D eigenvalue weighted by Gasteiger charge is -2.13. The van der Waals surface area contributed by atoms with Crippen molar-refractivity contribution in [1.29, 1.82) is 0 Å². The summed E-state index contributed by atoms with van der Waals surface area (Å²) in [6, 6.07) is 5.96. The van der Waals surface area contributed by atoms with Gasteiger partial charge in [-0.05, 0) is 13.0 Å². The topological polar surface area (TPSA) is 29.1 Å². The first-order valence-corrected chi connectivity index (χ1v) is 4.78. The van der Waals surface area contributed by atoms with Gasteiger partial charge in [-0.1, -0.05) is 18.2 Å². The monoisotopic (exact) mass is 215 g/mol. The Morgan fingerprint density at radius 1 is 1.57 bits per heavy atom. The van der Waals surface area contributed by atoms with E-state index in [1.165, 1.54) is 6.07 Å². The number of hydrogen-bond donors (Lipinski definition) is 1. The fourth-order valence-corrected chi connectivity index (χ4v) is 1.26. The van der Waals surface area contributed by atoms with Crippen molar-refractivity contribution < 1.29 is 9.18 Å². The van der Waals surface area contributed by atoms with E-state index in [1.807, 2.05) is 0 Å². The minimum absolute atomic E-state index is 0.112. The molecule has 1 rings (SSSR count). The van der Waals surface area contributed by atoms with Gasteiger partial charge in [0.1, 0.15) is 11.7 Å². The van der Waals surface area contributed by atoms with E-state index in [4.69, 9.17) is 11.6 Å². The van der Waals surface area contributed by atoms with Crippen LogP contribution in [0.25, 0.3) is 0 Å². The van der Waals surface area contributed by atoms with Crippen molar-refractivity contribution in [3.8, 4) is 0 Å². The largest absolute Gasteiger partial charge is 0.348 e. The number of benzene rings is 1. The second kappa shape index (κ2) is 4.96. The third kappa shape index (κ3) is 2.70. The number of hydrogen-bond acceptors (Lipinski definition) is 1. The van der Waals surface area contributed by atoms with Crippen molar-refractivity contribution in [1.82, 2.24) is 5.32 Å². The van der Waals surface area contributed by atoms with E-state index in [0.29, 0.717) is 5.56 Å². The van der Waals surface area contributed by atoms with Crippen LogP contribution < -0.4 is 5.32 Å². The summed E-state index contributed by atoms with van der Waals surface area (Å²) in [4.78, 5) is 10.9. The van der Waals surface area contributed by atoms with Crippen molar-refractivity contribution in [2.24, 2.45) is 0 Å². The van der Waals surface area contributed by atoms with Crippen LogP contribution in [-0.2, 0) is 4.79 Å². The summed E-state index contributed by atoms with van der Waals surface area (Å²) in [6.07, 6.45) is 0. The first kappa shape index (κ1) is 11.0. The SMILES string of the molecule is C[C@@H](NC(=O)CCl)c1ccccc1F. The highest BCUT2D eigenvalue weighted by atomic mass is 35.5. The van der Waals surface area contributed by atoms with Gasteiger partial charge in [0.2, 0.25) is 5.91 Å². The minimum Gasteiger partial charge on any atom is -0.348 e. The maximum Gasteiger partial charge on any atom is 0.235 e. The van der Waals surface area contributed by atoms with Crippen LogP contribution >= 0.6 is 11.6 Å². The van der Waals surface area contributed by atoms with E-state index in [0.717, 1.165) is 0 Å². The third-order valence-electron chi connectivity index (χ3n) is 1.87. The maximum absolute atomic E-state index is 13.2. The maximum atomic E-state index is 13.2. The normalized spacial score (nSPS) is 12.2. The van der Waals surface area contributed by atoms with Gasteiger partial charge in [-0.25, -0.2) is 4.39 Å². The summed E-state index contributed by atoms with van der Waals surface area (Å²) in [7, 11) is 0. The molecule has 1 amide bonds. The van der Waals surface area contributed by atoms with Crippen LogP contribution in [0.4, 0.5) is 4.39 Å². The first-order chi connectivity index (χ1) is 6.65. The molecular weight excluding hydrogens is 205 g/mol. The van der Waals surface area contributed by atoms with Crippen LogP contribution in [0, 0.1) is 5.82 Å². The number of amides is 1. The minimum atomic E-state index is -0.359. The zero-order valence-electron chi connectivity index (χ0n) is 7.76. The van der Waals surface area contributed by atoms with Crippen LogP contribution in [-0.4, -0.2) is 11.8 Å². The molecule has 1 aromatic carbocycles. The second-order valence-corrected chi connectivity index (χ2v) is 3.21. The van der Waals surface area contributed by atoms with Crippen molar-refractivity contribution in [2.75, 3.05) is 5.88 Å². The summed E-state index contributed by atoms with van der Waals surface area (Å²) in [5.41, 5.74) is 0.464. The Morgan fingerprint density at radius 3 is 2.79 bits per heavy atom. The van der Waals surface area contributed by atoms with Crippen molar-refractivity contribution in [2.45, 2.75) is 13.0 Å². The number of carbonyl (C=O) groups excluding carboxylic acids is 1. The fraction of sp³-hybridized carbons (Fsp3) is 0.300. The molecule has 0 fully saturated rings. The Kier molecular flexibility index (Phi) is 3.89. The first-order valence-electron chi connectivity index (χ1n) is 4.25. The van der Waals surface area contributed by atoms with E-state index in [9.17, 15) is 9.18 Å². The lowest BCUT2D eigenvalue weighted by molar-refractivity contribution is -0.119. The Hall–Kier alpha value is -1.09. The van der Waals surface area contributed by atoms with Crippen LogP contribution in [0.15, 0.2) is 24.3 Å². The van der Waals surface area contributed by atoms with Gasteiger partial charge in [0.25, 0.3) is 0 Å². The number of alkyl halides is 1. The zero-order chi connectivity index (χ0) is 10.6. The van der Waals surface area contributed by atoms with Crippen molar-refractivity contribution in [3.63, 3.8) is 0 Å². The molecule has 0 aliphatic heterocycles. The number of halogens is 2. The zero-order valence-corrected chi connectivity index (χ0v) is 8.51. The van der Waals surface area contributed by atoms with Gasteiger partial charge in [-0.2, -0.15) is 0 Å². The van der Waals surface area contributed by atoms with Crippen LogP contribution in [0.3, 0.4) is 0 Å². The van der Waals surface area contributed by atoms with Gasteiger partial charge in [0.15, 0.2) is 0 Å². The molecule has 0 unspecified atom stereocenters. The molecule has 2 nitrogen and oxygen atoms in total. The third-order valence-corrected chi connectivity index (χ3v) is 2.11. The highest BCUT2D eigenvalue weighted by molar-refractivity contribution is 6.27. The van der Waals surface area contributed by atoms with Gasteiger partial charge in [-0.15, -0.1) is 11.6 Å². The molecule has 1 aromatic rings. The van der Waals surface area contributed by atoms with E-state index in [-0.39, 0.29) is 23.6 Å². The standard InChI is InChI=1S/C10H11ClFNO/c1-7(13-10(14)6-11)8-4-2-3-5-9(8)12/h2-5,7H,6H2,1H3,(H,13,14)/t7-/m1/s1. The molecule has 1 atom stereocenters. The average Bonchev–Trinajstić information content (AvgIpc) is 2.18. The molecule has 0 saturated heterocycles. The van der Waals surface area contributed by atoms with Crippen molar-refractivity contribution >= 4 is 17.5 Å². The van der Waals surface area contributed by atoms with E-state index < -0.39 is 0 Å². The molecular formula is C10H11ClFNO. The fourth-order valence-electron chi connectivity index (χ4n) is 1.18. The molecule has 0 spiro atoms. The molecule has 0 bridgehead atoms. The van der Waals surface area contributed by atoms with Crippen LogP contribution in [0.2, 0.25) is 0 Å². The highest BCUT2D eigenvalue weighted by Crippen LogP contribution is 2.15. The lowest BCUT2D eigenvalue weighted by Crippen LogP contribution is -2.28. The van der Waals surface area contributed by atoms with Crippen LogP contribution in [0.5, 0.6) is 0 Å². The Morgan fingerprint density at radius 2 is 2.21 bits per heavy atom. The molecule has 0 radical (unpaired) electrons. The molecule has 0 aliphatic carbocycles.